The molecular weight excluding hydrogens is 353 g/mol. The Morgan fingerprint density at radius 3 is 1.90 bits per heavy atom. The zero-order valence-electron chi connectivity index (χ0n) is 14.1. The molecule has 0 saturated carbocycles. The van der Waals surface area contributed by atoms with E-state index >= 15 is 0 Å². The average Bonchev–Trinajstić information content (AvgIpc) is 2.42. The van der Waals surface area contributed by atoms with Crippen molar-refractivity contribution in [1.82, 2.24) is 5.32 Å². The summed E-state index contributed by atoms with van der Waals surface area (Å²) in [6, 6.07) is 0. The van der Waals surface area contributed by atoms with Crippen molar-refractivity contribution in [2.75, 3.05) is 25.1 Å². The van der Waals surface area contributed by atoms with Crippen molar-refractivity contribution < 1.29 is 13.6 Å². The molecule has 4 nitrogen and oxygen atoms in total. The van der Waals surface area contributed by atoms with E-state index in [1.54, 1.807) is 0 Å². The lowest BCUT2D eigenvalue weighted by Crippen LogP contribution is -2.40. The number of rotatable bonds is 14. The Morgan fingerprint density at radius 1 is 0.952 bits per heavy atom. The van der Waals surface area contributed by atoms with Crippen LogP contribution in [-0.2, 0) is 13.6 Å². The molecule has 0 aliphatic heterocycles. The maximum absolute atomic E-state index is 12.8. The van der Waals surface area contributed by atoms with E-state index in [1.165, 1.54) is 32.1 Å². The maximum atomic E-state index is 12.8. The van der Waals surface area contributed by atoms with Crippen LogP contribution < -0.4 is 5.32 Å². The van der Waals surface area contributed by atoms with E-state index in [0.29, 0.717) is 13.2 Å². The molecule has 0 saturated heterocycles. The Morgan fingerprint density at radius 2 is 1.43 bits per heavy atom. The second-order valence-electron chi connectivity index (χ2n) is 5.63. The van der Waals surface area contributed by atoms with E-state index < -0.39 is 12.9 Å². The summed E-state index contributed by atoms with van der Waals surface area (Å²) >= 11 is 3.45. The molecule has 0 unspecified atom stereocenters. The fourth-order valence-electron chi connectivity index (χ4n) is 2.12. The monoisotopic (exact) mass is 385 g/mol. The summed E-state index contributed by atoms with van der Waals surface area (Å²) in [5.41, 5.74) is 0. The molecule has 128 valence electrons. The van der Waals surface area contributed by atoms with Gasteiger partial charge in [0.15, 0.2) is 0 Å². The van der Waals surface area contributed by atoms with Crippen molar-refractivity contribution in [3.63, 3.8) is 0 Å². The third-order valence-corrected chi connectivity index (χ3v) is 6.69. The molecule has 0 rings (SSSR count). The third kappa shape index (κ3) is 8.71. The van der Waals surface area contributed by atoms with Crippen LogP contribution in [0.4, 0.5) is 0 Å². The van der Waals surface area contributed by atoms with E-state index in [9.17, 15) is 4.57 Å². The molecule has 0 bridgehead atoms. The summed E-state index contributed by atoms with van der Waals surface area (Å²) in [5, 5.41) is 3.81. The van der Waals surface area contributed by atoms with Gasteiger partial charge in [-0.25, -0.2) is 0 Å². The fraction of sp³-hybridized carbons (Fsp3) is 1.00. The molecule has 0 spiro atoms. The van der Waals surface area contributed by atoms with E-state index in [-0.39, 0.29) is 0 Å². The van der Waals surface area contributed by atoms with Gasteiger partial charge in [-0.15, -0.1) is 0 Å². The topological polar surface area (TPSA) is 47.6 Å². The standard InChI is InChI=1S/C15H33BrNO3P/c1-5-19-21(18,20-6-2)15(3,4)17-14-12-10-8-7-9-11-13-16/h17H,5-14H2,1-4H3. The molecule has 0 radical (unpaired) electrons. The predicted octanol–water partition coefficient (Wildman–Crippen LogP) is 5.31. The molecule has 0 atom stereocenters. The van der Waals surface area contributed by atoms with Gasteiger partial charge in [0.25, 0.3) is 0 Å². The molecule has 0 fully saturated rings. The molecule has 0 aliphatic carbocycles. The van der Waals surface area contributed by atoms with Crippen LogP contribution in [-0.4, -0.2) is 30.4 Å². The highest BCUT2D eigenvalue weighted by atomic mass is 79.9. The van der Waals surface area contributed by atoms with Gasteiger partial charge >= 0.3 is 7.60 Å². The van der Waals surface area contributed by atoms with E-state index in [2.05, 4.69) is 21.2 Å². The Balaban J connectivity index is 4.02. The highest BCUT2D eigenvalue weighted by molar-refractivity contribution is 9.09. The summed E-state index contributed by atoms with van der Waals surface area (Å²) < 4.78 is 23.6. The minimum absolute atomic E-state index is 0.399. The second kappa shape index (κ2) is 12.1. The van der Waals surface area contributed by atoms with Crippen LogP contribution in [0.5, 0.6) is 0 Å². The molecule has 0 aromatic heterocycles. The van der Waals surface area contributed by atoms with Crippen molar-refractivity contribution in [1.29, 1.82) is 0 Å². The maximum Gasteiger partial charge on any atom is 0.349 e. The van der Waals surface area contributed by atoms with Crippen molar-refractivity contribution in [3.8, 4) is 0 Å². The SMILES string of the molecule is CCOP(=O)(OCC)C(C)(C)NCCCCCCCCBr. The van der Waals surface area contributed by atoms with Crippen LogP contribution in [0.15, 0.2) is 0 Å². The quantitative estimate of drug-likeness (QED) is 0.250. The molecule has 0 aliphatic rings. The van der Waals surface area contributed by atoms with Gasteiger partial charge in [0.1, 0.15) is 5.28 Å². The number of nitrogens with one attached hydrogen (secondary N) is 1. The first-order valence-electron chi connectivity index (χ1n) is 8.13. The lowest BCUT2D eigenvalue weighted by Gasteiger charge is -2.33. The van der Waals surface area contributed by atoms with Gasteiger partial charge in [0.2, 0.25) is 0 Å². The predicted molar refractivity (Wildman–Crippen MR) is 94.4 cm³/mol. The average molecular weight is 386 g/mol. The highest BCUT2D eigenvalue weighted by Crippen LogP contribution is 2.58. The molecule has 0 amide bonds. The van der Waals surface area contributed by atoms with Crippen LogP contribution in [0.25, 0.3) is 0 Å². The first kappa shape index (κ1) is 21.6. The smallest absolute Gasteiger partial charge is 0.308 e. The van der Waals surface area contributed by atoms with Crippen molar-refractivity contribution in [3.05, 3.63) is 0 Å². The van der Waals surface area contributed by atoms with Gasteiger partial charge in [-0.05, 0) is 47.1 Å². The van der Waals surface area contributed by atoms with Crippen LogP contribution >= 0.6 is 23.5 Å². The number of halogens is 1. The van der Waals surface area contributed by atoms with E-state index in [4.69, 9.17) is 9.05 Å². The molecule has 0 heterocycles. The van der Waals surface area contributed by atoms with Crippen LogP contribution in [0, 0.1) is 0 Å². The fourth-order valence-corrected chi connectivity index (χ4v) is 4.22. The number of alkyl halides is 1. The Kier molecular flexibility index (Phi) is 12.4. The molecule has 21 heavy (non-hydrogen) atoms. The van der Waals surface area contributed by atoms with Crippen molar-refractivity contribution in [2.45, 2.75) is 71.5 Å². The minimum Gasteiger partial charge on any atom is -0.308 e. The molecule has 0 aromatic carbocycles. The Bertz CT molecular complexity index is 291. The summed E-state index contributed by atoms with van der Waals surface area (Å²) in [6.45, 7) is 9.12. The number of unbranched alkanes of at least 4 members (excludes halogenated alkanes) is 5. The molecule has 0 aromatic rings. The first-order valence-corrected chi connectivity index (χ1v) is 10.8. The molecule has 6 heteroatoms. The largest absolute Gasteiger partial charge is 0.349 e. The van der Waals surface area contributed by atoms with Crippen LogP contribution in [0.1, 0.15) is 66.2 Å². The zero-order valence-corrected chi connectivity index (χ0v) is 16.6. The number of hydrogen-bond donors (Lipinski definition) is 1. The zero-order chi connectivity index (χ0) is 16.2. The van der Waals surface area contributed by atoms with Crippen molar-refractivity contribution in [2.24, 2.45) is 0 Å². The van der Waals surface area contributed by atoms with Gasteiger partial charge < -0.3 is 14.4 Å². The van der Waals surface area contributed by atoms with Gasteiger partial charge in [0, 0.05) is 5.33 Å². The van der Waals surface area contributed by atoms with Gasteiger partial charge in [-0.2, -0.15) is 0 Å². The van der Waals surface area contributed by atoms with E-state index in [0.717, 1.165) is 18.3 Å². The van der Waals surface area contributed by atoms with Crippen LogP contribution in [0.3, 0.4) is 0 Å². The Hall–Kier alpha value is 0.590. The Labute approximate surface area is 139 Å². The van der Waals surface area contributed by atoms with Gasteiger partial charge in [-0.3, -0.25) is 4.57 Å². The normalized spacial score (nSPS) is 12.8. The molecule has 1 N–H and O–H groups in total. The summed E-state index contributed by atoms with van der Waals surface area (Å²) in [5.74, 6) is 0. The lowest BCUT2D eigenvalue weighted by molar-refractivity contribution is 0.193. The lowest BCUT2D eigenvalue weighted by atomic mass is 10.1. The molecular formula is C15H33BrNO3P. The summed E-state index contributed by atoms with van der Waals surface area (Å²) in [7, 11) is -3.11. The summed E-state index contributed by atoms with van der Waals surface area (Å²) in [4.78, 5) is 0. The van der Waals surface area contributed by atoms with Crippen LogP contribution in [0.2, 0.25) is 0 Å². The van der Waals surface area contributed by atoms with Gasteiger partial charge in [-0.1, -0.05) is 41.6 Å². The highest BCUT2D eigenvalue weighted by Gasteiger charge is 2.42. The van der Waals surface area contributed by atoms with Gasteiger partial charge in [0.05, 0.1) is 13.2 Å². The van der Waals surface area contributed by atoms with E-state index in [1.807, 2.05) is 27.7 Å². The number of hydrogen-bond acceptors (Lipinski definition) is 4. The summed E-state index contributed by atoms with van der Waals surface area (Å²) in [6.07, 6.45) is 7.43. The third-order valence-electron chi connectivity index (χ3n) is 3.40. The second-order valence-corrected chi connectivity index (χ2v) is 9.05. The minimum atomic E-state index is -3.11. The van der Waals surface area contributed by atoms with Crippen molar-refractivity contribution >= 4 is 23.5 Å². The first-order chi connectivity index (χ1) is 9.93.